The van der Waals surface area contributed by atoms with E-state index in [0.29, 0.717) is 29.3 Å². The lowest BCUT2D eigenvalue weighted by Gasteiger charge is -2.35. The highest BCUT2D eigenvalue weighted by Crippen LogP contribution is 2.43. The number of allylic oxidation sites excluding steroid dienone is 1. The molecule has 1 aliphatic carbocycles. The van der Waals surface area contributed by atoms with Crippen LogP contribution in [0.4, 0.5) is 0 Å². The zero-order valence-corrected chi connectivity index (χ0v) is 16.7. The van der Waals surface area contributed by atoms with Crippen LogP contribution in [0, 0.1) is 5.92 Å². The molecule has 0 bridgehead atoms. The zero-order valence-electron chi connectivity index (χ0n) is 15.9. The van der Waals surface area contributed by atoms with Crippen molar-refractivity contribution in [3.8, 4) is 0 Å². The van der Waals surface area contributed by atoms with Gasteiger partial charge in [0.05, 0.1) is 17.6 Å². The third kappa shape index (κ3) is 3.78. The average Bonchev–Trinajstić information content (AvgIpc) is 3.19. The van der Waals surface area contributed by atoms with E-state index in [0.717, 1.165) is 37.0 Å². The van der Waals surface area contributed by atoms with Gasteiger partial charge in [-0.3, -0.25) is 9.79 Å². The molecule has 28 heavy (non-hydrogen) atoms. The molecule has 0 radical (unpaired) electrons. The van der Waals surface area contributed by atoms with Gasteiger partial charge < -0.3 is 9.47 Å². The highest BCUT2D eigenvalue weighted by Gasteiger charge is 2.43. The van der Waals surface area contributed by atoms with Crippen LogP contribution < -0.4 is 0 Å². The molecule has 1 saturated heterocycles. The minimum Gasteiger partial charge on any atom is -0.460 e. The van der Waals surface area contributed by atoms with Crippen LogP contribution >= 0.6 is 11.6 Å². The molecule has 0 N–H and O–H groups in total. The van der Waals surface area contributed by atoms with Crippen LogP contribution in [0.3, 0.4) is 0 Å². The lowest BCUT2D eigenvalue weighted by molar-refractivity contribution is -0.142. The van der Waals surface area contributed by atoms with Crippen molar-refractivity contribution >= 4 is 29.1 Å². The normalized spacial score (nSPS) is 27.4. The number of fused-ring (bicyclic) bond motifs is 1. The third-order valence-corrected chi connectivity index (χ3v) is 6.03. The molecule has 5 nitrogen and oxygen atoms in total. The summed E-state index contributed by atoms with van der Waals surface area (Å²) in [6, 6.07) is 7.36. The number of carbonyl (C=O) groups is 2. The fourth-order valence-electron chi connectivity index (χ4n) is 4.44. The number of esters is 1. The standard InChI is InChI=1S/C22H24ClNO4/c1-13-19(22(26)28-12-16-4-3-11-27-16)20(14-7-9-15(23)10-8-14)21-17(24-13)5-2-6-18(21)25/h7-10,16,20-21H,2-6,11-12H2,1H3/t16-,20-,21+/m0/s1. The summed E-state index contributed by atoms with van der Waals surface area (Å²) in [4.78, 5) is 30.5. The van der Waals surface area contributed by atoms with Gasteiger partial charge in [0.1, 0.15) is 12.4 Å². The lowest BCUT2D eigenvalue weighted by Crippen LogP contribution is -2.39. The quantitative estimate of drug-likeness (QED) is 0.707. The first-order chi connectivity index (χ1) is 13.5. The molecular formula is C22H24ClNO4. The Morgan fingerprint density at radius 1 is 1.21 bits per heavy atom. The largest absolute Gasteiger partial charge is 0.460 e. The predicted molar refractivity (Wildman–Crippen MR) is 107 cm³/mol. The maximum Gasteiger partial charge on any atom is 0.336 e. The third-order valence-electron chi connectivity index (χ3n) is 5.78. The maximum atomic E-state index is 13.1. The fraction of sp³-hybridized carbons (Fsp3) is 0.500. The second kappa shape index (κ2) is 8.18. The molecule has 0 amide bonds. The summed E-state index contributed by atoms with van der Waals surface area (Å²) in [5, 5.41) is 0.617. The molecular weight excluding hydrogens is 378 g/mol. The Morgan fingerprint density at radius 3 is 2.71 bits per heavy atom. The first-order valence-electron chi connectivity index (χ1n) is 9.89. The topological polar surface area (TPSA) is 65.0 Å². The van der Waals surface area contributed by atoms with E-state index in [4.69, 9.17) is 21.1 Å². The Bertz CT molecular complexity index is 837. The van der Waals surface area contributed by atoms with Crippen LogP contribution in [0.1, 0.15) is 50.5 Å². The molecule has 2 fully saturated rings. The number of benzene rings is 1. The Balaban J connectivity index is 1.68. The van der Waals surface area contributed by atoms with Crippen LogP contribution in [0.15, 0.2) is 40.5 Å². The van der Waals surface area contributed by atoms with Crippen molar-refractivity contribution in [1.82, 2.24) is 0 Å². The van der Waals surface area contributed by atoms with Crippen LogP contribution in [0.25, 0.3) is 0 Å². The first-order valence-corrected chi connectivity index (χ1v) is 10.3. The summed E-state index contributed by atoms with van der Waals surface area (Å²) in [5.74, 6) is -1.05. The van der Waals surface area contributed by atoms with E-state index in [2.05, 4.69) is 4.99 Å². The highest BCUT2D eigenvalue weighted by atomic mass is 35.5. The molecule has 1 saturated carbocycles. The second-order valence-corrected chi connectivity index (χ2v) is 8.10. The number of halogens is 1. The van der Waals surface area contributed by atoms with Crippen LogP contribution in [-0.4, -0.2) is 36.8 Å². The van der Waals surface area contributed by atoms with Crippen molar-refractivity contribution < 1.29 is 19.1 Å². The van der Waals surface area contributed by atoms with Crippen LogP contribution in [0.5, 0.6) is 0 Å². The molecule has 1 aromatic carbocycles. The van der Waals surface area contributed by atoms with Gasteiger partial charge in [0.2, 0.25) is 0 Å². The summed E-state index contributed by atoms with van der Waals surface area (Å²) >= 11 is 6.06. The fourth-order valence-corrected chi connectivity index (χ4v) is 4.56. The summed E-state index contributed by atoms with van der Waals surface area (Å²) in [6.07, 6.45) is 3.96. The highest BCUT2D eigenvalue weighted by molar-refractivity contribution is 6.30. The van der Waals surface area contributed by atoms with E-state index in [9.17, 15) is 9.59 Å². The van der Waals surface area contributed by atoms with E-state index in [1.54, 1.807) is 12.1 Å². The van der Waals surface area contributed by atoms with Gasteiger partial charge >= 0.3 is 5.97 Å². The molecule has 1 aromatic rings. The average molecular weight is 402 g/mol. The first kappa shape index (κ1) is 19.3. The smallest absolute Gasteiger partial charge is 0.336 e. The van der Waals surface area contributed by atoms with E-state index in [1.165, 1.54) is 0 Å². The molecule has 2 heterocycles. The minimum absolute atomic E-state index is 0.0437. The number of ketones is 1. The summed E-state index contributed by atoms with van der Waals surface area (Å²) < 4.78 is 11.2. The van der Waals surface area contributed by atoms with E-state index in [-0.39, 0.29) is 24.4 Å². The Kier molecular flexibility index (Phi) is 5.65. The SMILES string of the molecule is CC1=C(C(=O)OC[C@@H]2CCCO2)[C@H](c2ccc(Cl)cc2)[C@H]2C(=O)CCCC2=N1. The molecule has 0 spiro atoms. The lowest BCUT2D eigenvalue weighted by atomic mass is 9.69. The van der Waals surface area contributed by atoms with Crippen LogP contribution in [-0.2, 0) is 19.1 Å². The molecule has 2 aliphatic heterocycles. The van der Waals surface area contributed by atoms with Crippen LogP contribution in [0.2, 0.25) is 5.02 Å². The van der Waals surface area contributed by atoms with Crippen molar-refractivity contribution in [1.29, 1.82) is 0 Å². The predicted octanol–water partition coefficient (Wildman–Crippen LogP) is 4.24. The van der Waals surface area contributed by atoms with Gasteiger partial charge in [0, 0.05) is 35.4 Å². The number of rotatable bonds is 4. The Hall–Kier alpha value is -1.98. The maximum absolute atomic E-state index is 13.1. The van der Waals surface area contributed by atoms with Gasteiger partial charge in [-0.05, 0) is 50.3 Å². The molecule has 6 heteroatoms. The molecule has 3 aliphatic rings. The number of hydrogen-bond donors (Lipinski definition) is 0. The van der Waals surface area contributed by atoms with Crippen molar-refractivity contribution in [2.24, 2.45) is 10.9 Å². The molecule has 0 unspecified atom stereocenters. The van der Waals surface area contributed by atoms with E-state index >= 15 is 0 Å². The summed E-state index contributed by atoms with van der Waals surface area (Å²) in [6.45, 7) is 2.77. The van der Waals surface area contributed by atoms with E-state index in [1.807, 2.05) is 19.1 Å². The van der Waals surface area contributed by atoms with Crippen molar-refractivity contribution in [2.75, 3.05) is 13.2 Å². The number of aliphatic imine (C=N–C) groups is 1. The molecule has 148 valence electrons. The van der Waals surface area contributed by atoms with Gasteiger partial charge in [0.15, 0.2) is 0 Å². The number of ether oxygens (including phenoxy) is 2. The van der Waals surface area contributed by atoms with Crippen molar-refractivity contribution in [2.45, 2.75) is 51.0 Å². The molecule has 0 aromatic heterocycles. The minimum atomic E-state index is -0.408. The number of hydrogen-bond acceptors (Lipinski definition) is 5. The molecule has 3 atom stereocenters. The van der Waals surface area contributed by atoms with Crippen molar-refractivity contribution in [3.05, 3.63) is 46.1 Å². The zero-order chi connectivity index (χ0) is 19.7. The van der Waals surface area contributed by atoms with Gasteiger partial charge in [-0.15, -0.1) is 0 Å². The summed E-state index contributed by atoms with van der Waals surface area (Å²) in [5.41, 5.74) is 2.88. The van der Waals surface area contributed by atoms with Gasteiger partial charge in [-0.25, -0.2) is 4.79 Å². The number of Topliss-reactive ketones (excluding diaryl/α,β-unsaturated/α-hetero) is 1. The Labute approximate surface area is 169 Å². The molecule has 4 rings (SSSR count). The monoisotopic (exact) mass is 401 g/mol. The van der Waals surface area contributed by atoms with E-state index < -0.39 is 11.9 Å². The summed E-state index contributed by atoms with van der Waals surface area (Å²) in [7, 11) is 0. The second-order valence-electron chi connectivity index (χ2n) is 7.66. The van der Waals surface area contributed by atoms with Gasteiger partial charge in [0.25, 0.3) is 0 Å². The van der Waals surface area contributed by atoms with Gasteiger partial charge in [-0.2, -0.15) is 0 Å². The Morgan fingerprint density at radius 2 is 2.00 bits per heavy atom. The van der Waals surface area contributed by atoms with Gasteiger partial charge in [-0.1, -0.05) is 23.7 Å². The number of nitrogens with zero attached hydrogens (tertiary/aromatic N) is 1. The van der Waals surface area contributed by atoms with Crippen molar-refractivity contribution in [3.63, 3.8) is 0 Å². The number of carbonyl (C=O) groups excluding carboxylic acids is 2.